The number of aromatic nitrogens is 5. The molecule has 4 heterocycles. The normalized spacial score (nSPS) is 12.3. The third kappa shape index (κ3) is 5.31. The molecule has 0 aliphatic carbocycles. The summed E-state index contributed by atoms with van der Waals surface area (Å²) in [4.78, 5) is 13.1. The summed E-state index contributed by atoms with van der Waals surface area (Å²) in [5.74, 6) is -0.0291. The molecule has 39 heavy (non-hydrogen) atoms. The topological polar surface area (TPSA) is 150 Å². The molecule has 0 fully saturated rings. The molecular weight excluding hydrogens is 538 g/mol. The minimum atomic E-state index is -4.19. The van der Waals surface area contributed by atoms with E-state index in [1.54, 1.807) is 24.0 Å². The van der Waals surface area contributed by atoms with Crippen LogP contribution in [0.4, 0.5) is 0 Å². The van der Waals surface area contributed by atoms with Gasteiger partial charge in [-0.05, 0) is 49.7 Å². The molecule has 0 bridgehead atoms. The lowest BCUT2D eigenvalue weighted by molar-refractivity contribution is 0.220. The maximum atomic E-state index is 12.1. The maximum absolute atomic E-state index is 12.1. The van der Waals surface area contributed by atoms with Gasteiger partial charge in [-0.15, -0.1) is 0 Å². The van der Waals surface area contributed by atoms with Crippen LogP contribution in [-0.4, -0.2) is 33.2 Å². The maximum Gasteiger partial charge on any atom is 0.259 e. The van der Waals surface area contributed by atoms with Gasteiger partial charge in [0.2, 0.25) is 5.03 Å². The van der Waals surface area contributed by atoms with Gasteiger partial charge in [-0.2, -0.15) is 10.4 Å². The SMILES string of the molecule is Cc1cc([C@@H](C)Oc2ccc(Cl)nc2S(N)(=O)=O)c2cc(-c3ccc(-c4cnn(C)c4)cn3)c(C#N)nc2c1. The molecule has 0 saturated carbocycles. The summed E-state index contributed by atoms with van der Waals surface area (Å²) in [7, 11) is -2.35. The zero-order chi connectivity index (χ0) is 27.9. The number of fused-ring (bicyclic) bond motifs is 1. The van der Waals surface area contributed by atoms with Crippen molar-refractivity contribution in [3.05, 3.63) is 83.0 Å². The fourth-order valence-corrected chi connectivity index (χ4v) is 5.13. The molecule has 0 radical (unpaired) electrons. The van der Waals surface area contributed by atoms with Crippen LogP contribution in [0.2, 0.25) is 5.15 Å². The Morgan fingerprint density at radius 2 is 1.90 bits per heavy atom. The Hall–Kier alpha value is -4.37. The van der Waals surface area contributed by atoms with Crippen LogP contribution < -0.4 is 9.88 Å². The quantitative estimate of drug-likeness (QED) is 0.294. The standard InChI is InChI=1S/C27H22ClN7O3S/c1-15-8-19(16(2)38-25-6-7-26(28)34-27(25)39(30,36)37)20-10-21(24(11-29)33-23(20)9-15)22-5-4-17(12-31-22)18-13-32-35(3)14-18/h4-10,12-14,16H,1-3H3,(H2,30,36,37)/t16-/m1/s1. The molecule has 0 aliphatic heterocycles. The van der Waals surface area contributed by atoms with Crippen molar-refractivity contribution in [2.24, 2.45) is 12.2 Å². The smallest absolute Gasteiger partial charge is 0.259 e. The largest absolute Gasteiger partial charge is 0.483 e. The van der Waals surface area contributed by atoms with Crippen LogP contribution in [-0.2, 0) is 17.1 Å². The first kappa shape index (κ1) is 26.2. The Bertz CT molecular complexity index is 1880. The minimum Gasteiger partial charge on any atom is -0.483 e. The van der Waals surface area contributed by atoms with Crippen molar-refractivity contribution < 1.29 is 13.2 Å². The molecule has 1 atom stereocenters. The second kappa shape index (κ2) is 10.1. The number of nitrogens with two attached hydrogens (primary N) is 1. The molecule has 0 saturated heterocycles. The van der Waals surface area contributed by atoms with Crippen LogP contribution in [0.5, 0.6) is 5.75 Å². The first-order valence-corrected chi connectivity index (χ1v) is 13.6. The Labute approximate surface area is 229 Å². The van der Waals surface area contributed by atoms with Gasteiger partial charge in [0.05, 0.1) is 17.4 Å². The molecular formula is C27H22ClN7O3S. The number of benzene rings is 1. The van der Waals surface area contributed by atoms with Gasteiger partial charge in [0.15, 0.2) is 11.4 Å². The zero-order valence-corrected chi connectivity index (χ0v) is 22.7. The van der Waals surface area contributed by atoms with E-state index in [1.165, 1.54) is 12.1 Å². The highest BCUT2D eigenvalue weighted by molar-refractivity contribution is 7.89. The van der Waals surface area contributed by atoms with E-state index >= 15 is 0 Å². The molecule has 12 heteroatoms. The summed E-state index contributed by atoms with van der Waals surface area (Å²) in [6.45, 7) is 3.67. The molecule has 1 aromatic carbocycles. The highest BCUT2D eigenvalue weighted by Gasteiger charge is 2.22. The van der Waals surface area contributed by atoms with Crippen LogP contribution in [0.25, 0.3) is 33.3 Å². The first-order chi connectivity index (χ1) is 18.5. The Morgan fingerprint density at radius 3 is 2.54 bits per heavy atom. The lowest BCUT2D eigenvalue weighted by Gasteiger charge is -2.19. The third-order valence-corrected chi connectivity index (χ3v) is 7.14. The number of nitriles is 1. The van der Waals surface area contributed by atoms with E-state index in [-0.39, 0.29) is 16.6 Å². The molecule has 0 aliphatic rings. The average molecular weight is 560 g/mol. The van der Waals surface area contributed by atoms with Gasteiger partial charge in [-0.25, -0.2) is 23.5 Å². The number of ether oxygens (including phenoxy) is 1. The fraction of sp³-hybridized carbons (Fsp3) is 0.148. The van der Waals surface area contributed by atoms with E-state index in [0.29, 0.717) is 16.8 Å². The lowest BCUT2D eigenvalue weighted by atomic mass is 9.97. The van der Waals surface area contributed by atoms with Crippen molar-refractivity contribution in [3.8, 4) is 34.2 Å². The second-order valence-corrected chi connectivity index (χ2v) is 10.9. The number of pyridine rings is 3. The fourth-order valence-electron chi connectivity index (χ4n) is 4.31. The van der Waals surface area contributed by atoms with Crippen LogP contribution in [0.15, 0.2) is 66.1 Å². The van der Waals surface area contributed by atoms with Gasteiger partial charge in [0.25, 0.3) is 10.0 Å². The minimum absolute atomic E-state index is 0.0278. The van der Waals surface area contributed by atoms with Crippen molar-refractivity contribution in [1.29, 1.82) is 5.26 Å². The summed E-state index contributed by atoms with van der Waals surface area (Å²) in [6, 6.07) is 14.4. The van der Waals surface area contributed by atoms with Gasteiger partial charge in [-0.1, -0.05) is 23.7 Å². The highest BCUT2D eigenvalue weighted by atomic mass is 35.5. The summed E-state index contributed by atoms with van der Waals surface area (Å²) in [5.41, 5.74) is 5.38. The van der Waals surface area contributed by atoms with Crippen molar-refractivity contribution >= 4 is 32.5 Å². The summed E-state index contributed by atoms with van der Waals surface area (Å²) < 4.78 is 32.0. The van der Waals surface area contributed by atoms with Gasteiger partial charge in [0, 0.05) is 47.1 Å². The number of hydrogen-bond donors (Lipinski definition) is 1. The van der Waals surface area contributed by atoms with E-state index < -0.39 is 21.2 Å². The monoisotopic (exact) mass is 559 g/mol. The van der Waals surface area contributed by atoms with Crippen LogP contribution in [0.3, 0.4) is 0 Å². The Kier molecular flexibility index (Phi) is 6.78. The number of nitrogens with zero attached hydrogens (tertiary/aromatic N) is 6. The summed E-state index contributed by atoms with van der Waals surface area (Å²) >= 11 is 5.89. The van der Waals surface area contributed by atoms with Gasteiger partial charge < -0.3 is 4.74 Å². The predicted molar refractivity (Wildman–Crippen MR) is 146 cm³/mol. The first-order valence-electron chi connectivity index (χ1n) is 11.7. The number of aryl methyl sites for hydroxylation is 2. The number of rotatable bonds is 6. The lowest BCUT2D eigenvalue weighted by Crippen LogP contribution is -2.17. The van der Waals surface area contributed by atoms with E-state index in [9.17, 15) is 13.7 Å². The van der Waals surface area contributed by atoms with E-state index in [1.807, 2.05) is 50.5 Å². The van der Waals surface area contributed by atoms with Crippen molar-refractivity contribution in [3.63, 3.8) is 0 Å². The van der Waals surface area contributed by atoms with Crippen LogP contribution >= 0.6 is 11.6 Å². The van der Waals surface area contributed by atoms with Crippen molar-refractivity contribution in [2.75, 3.05) is 0 Å². The summed E-state index contributed by atoms with van der Waals surface area (Å²) in [5, 5.41) is 19.7. The average Bonchev–Trinajstić information content (AvgIpc) is 3.34. The number of primary sulfonamides is 1. The predicted octanol–water partition coefficient (Wildman–Crippen LogP) is 4.71. The molecule has 196 valence electrons. The van der Waals surface area contributed by atoms with E-state index in [2.05, 4.69) is 26.1 Å². The number of sulfonamides is 1. The molecule has 10 nitrogen and oxygen atoms in total. The second-order valence-electron chi connectivity index (χ2n) is 8.99. The van der Waals surface area contributed by atoms with Crippen LogP contribution in [0.1, 0.15) is 29.8 Å². The molecule has 0 spiro atoms. The molecule has 0 amide bonds. The van der Waals surface area contributed by atoms with Gasteiger partial charge in [0.1, 0.15) is 17.3 Å². The van der Waals surface area contributed by atoms with Gasteiger partial charge in [-0.3, -0.25) is 9.67 Å². The molecule has 4 aromatic heterocycles. The molecule has 5 rings (SSSR count). The molecule has 5 aromatic rings. The third-order valence-electron chi connectivity index (χ3n) is 6.10. The molecule has 2 N–H and O–H groups in total. The summed E-state index contributed by atoms with van der Waals surface area (Å²) in [6.07, 6.45) is 4.73. The van der Waals surface area contributed by atoms with E-state index in [0.717, 1.165) is 27.6 Å². The van der Waals surface area contributed by atoms with Crippen molar-refractivity contribution in [1.82, 2.24) is 24.7 Å². The molecule has 0 unspecified atom stereocenters. The Balaban J connectivity index is 1.60. The highest BCUT2D eigenvalue weighted by Crippen LogP contribution is 2.34. The zero-order valence-electron chi connectivity index (χ0n) is 21.1. The number of hydrogen-bond acceptors (Lipinski definition) is 8. The van der Waals surface area contributed by atoms with Gasteiger partial charge >= 0.3 is 0 Å². The van der Waals surface area contributed by atoms with Crippen LogP contribution in [0, 0.1) is 18.3 Å². The Morgan fingerprint density at radius 1 is 1.10 bits per heavy atom. The van der Waals surface area contributed by atoms with Crippen molar-refractivity contribution in [2.45, 2.75) is 25.0 Å². The van der Waals surface area contributed by atoms with E-state index in [4.69, 9.17) is 21.5 Å². The number of halogens is 1.